The molecule has 0 radical (unpaired) electrons. The van der Waals surface area contributed by atoms with Gasteiger partial charge in [-0.15, -0.1) is 0 Å². The smallest absolute Gasteiger partial charge is 0.314 e. The van der Waals surface area contributed by atoms with Crippen molar-refractivity contribution in [3.05, 3.63) is 62.4 Å². The molecule has 0 saturated carbocycles. The summed E-state index contributed by atoms with van der Waals surface area (Å²) in [6.45, 7) is 1.32. The van der Waals surface area contributed by atoms with E-state index in [0.29, 0.717) is 4.47 Å². The first kappa shape index (κ1) is 15.1. The molecule has 7 heteroatoms. The van der Waals surface area contributed by atoms with Crippen LogP contribution < -0.4 is 4.74 Å². The summed E-state index contributed by atoms with van der Waals surface area (Å²) in [6.07, 6.45) is 0. The van der Waals surface area contributed by atoms with Crippen LogP contribution >= 0.6 is 15.9 Å². The van der Waals surface area contributed by atoms with Crippen molar-refractivity contribution in [1.82, 2.24) is 0 Å². The molecule has 0 aliphatic carbocycles. The van der Waals surface area contributed by atoms with Crippen LogP contribution in [0.5, 0.6) is 11.5 Å². The first-order valence-corrected chi connectivity index (χ1v) is 6.60. The maximum absolute atomic E-state index is 13.8. The molecule has 0 heterocycles. The summed E-state index contributed by atoms with van der Waals surface area (Å²) in [4.78, 5) is 21.8. The second-order valence-corrected chi connectivity index (χ2v) is 5.06. The molecule has 5 nitrogen and oxygen atoms in total. The molecular weight excluding hydrogens is 345 g/mol. The highest BCUT2D eigenvalue weighted by molar-refractivity contribution is 9.10. The molecule has 0 amide bonds. The van der Waals surface area contributed by atoms with Crippen molar-refractivity contribution in [2.45, 2.75) is 6.92 Å². The lowest BCUT2D eigenvalue weighted by molar-refractivity contribution is -0.385. The van der Waals surface area contributed by atoms with Crippen molar-refractivity contribution in [1.29, 1.82) is 0 Å². The van der Waals surface area contributed by atoms with E-state index in [9.17, 15) is 19.3 Å². The molecule has 0 N–H and O–H groups in total. The number of ketones is 1. The summed E-state index contributed by atoms with van der Waals surface area (Å²) in [7, 11) is 0. The SMILES string of the molecule is CC(=O)c1cc(Br)ccc1Oc1c(F)cccc1[N+](=O)[O-]. The lowest BCUT2D eigenvalue weighted by Gasteiger charge is -2.10. The van der Waals surface area contributed by atoms with E-state index >= 15 is 0 Å². The molecule has 0 fully saturated rings. The zero-order chi connectivity index (χ0) is 15.6. The third kappa shape index (κ3) is 3.25. The van der Waals surface area contributed by atoms with E-state index < -0.39 is 22.2 Å². The maximum Gasteiger partial charge on any atom is 0.314 e. The van der Waals surface area contributed by atoms with Gasteiger partial charge in [0.2, 0.25) is 5.75 Å². The molecule has 0 bridgehead atoms. The minimum atomic E-state index is -0.873. The van der Waals surface area contributed by atoms with E-state index in [4.69, 9.17) is 4.74 Å². The molecule has 0 aliphatic heterocycles. The Kier molecular flexibility index (Phi) is 4.32. The molecule has 0 unspecified atom stereocenters. The van der Waals surface area contributed by atoms with Crippen molar-refractivity contribution in [3.63, 3.8) is 0 Å². The molecule has 0 aliphatic rings. The Hall–Kier alpha value is -2.28. The summed E-state index contributed by atoms with van der Waals surface area (Å²) in [6, 6.07) is 7.93. The number of para-hydroxylation sites is 1. The maximum atomic E-state index is 13.8. The first-order chi connectivity index (χ1) is 9.90. The summed E-state index contributed by atoms with van der Waals surface area (Å²) in [5, 5.41) is 10.9. The monoisotopic (exact) mass is 353 g/mol. The molecule has 108 valence electrons. The van der Waals surface area contributed by atoms with Gasteiger partial charge in [-0.05, 0) is 31.2 Å². The molecule has 0 spiro atoms. The van der Waals surface area contributed by atoms with Crippen LogP contribution in [0.25, 0.3) is 0 Å². The topological polar surface area (TPSA) is 69.4 Å². The number of benzene rings is 2. The van der Waals surface area contributed by atoms with E-state index in [1.165, 1.54) is 25.1 Å². The zero-order valence-corrected chi connectivity index (χ0v) is 12.4. The van der Waals surface area contributed by atoms with Gasteiger partial charge in [0.1, 0.15) is 5.75 Å². The van der Waals surface area contributed by atoms with Gasteiger partial charge in [0.25, 0.3) is 0 Å². The van der Waals surface area contributed by atoms with Gasteiger partial charge in [0.05, 0.1) is 10.5 Å². The number of carbonyl (C=O) groups excluding carboxylic acids is 1. The largest absolute Gasteiger partial charge is 0.446 e. The minimum Gasteiger partial charge on any atom is -0.446 e. The van der Waals surface area contributed by atoms with Crippen LogP contribution in [0.2, 0.25) is 0 Å². The third-order valence-corrected chi connectivity index (χ3v) is 3.17. The average Bonchev–Trinajstić information content (AvgIpc) is 2.42. The first-order valence-electron chi connectivity index (χ1n) is 5.81. The predicted molar refractivity (Wildman–Crippen MR) is 77.3 cm³/mol. The van der Waals surface area contributed by atoms with Crippen molar-refractivity contribution in [3.8, 4) is 11.5 Å². The van der Waals surface area contributed by atoms with Crippen LogP contribution in [-0.4, -0.2) is 10.7 Å². The highest BCUT2D eigenvalue weighted by atomic mass is 79.9. The minimum absolute atomic E-state index is 0.0545. The number of Topliss-reactive ketones (excluding diaryl/α,β-unsaturated/α-hetero) is 1. The van der Waals surface area contributed by atoms with E-state index in [1.54, 1.807) is 6.07 Å². The molecule has 2 rings (SSSR count). The van der Waals surface area contributed by atoms with Crippen molar-refractivity contribution in [2.75, 3.05) is 0 Å². The molecule has 0 atom stereocenters. The standard InChI is InChI=1S/C14H9BrFNO4/c1-8(18)10-7-9(15)5-6-13(10)21-14-11(16)3-2-4-12(14)17(19)20/h2-7H,1H3. The van der Waals surface area contributed by atoms with Crippen molar-refractivity contribution < 1.29 is 18.8 Å². The fourth-order valence-corrected chi connectivity index (χ4v) is 2.08. The van der Waals surface area contributed by atoms with Gasteiger partial charge in [0.15, 0.2) is 11.6 Å². The number of nitrogens with zero attached hydrogens (tertiary/aromatic N) is 1. The number of hydrogen-bond donors (Lipinski definition) is 0. The summed E-state index contributed by atoms with van der Waals surface area (Å²) < 4.78 is 19.7. The molecule has 0 saturated heterocycles. The van der Waals surface area contributed by atoms with Crippen molar-refractivity contribution in [2.24, 2.45) is 0 Å². The number of hydrogen-bond acceptors (Lipinski definition) is 4. The lowest BCUT2D eigenvalue weighted by atomic mass is 10.1. The lowest BCUT2D eigenvalue weighted by Crippen LogP contribution is -2.00. The van der Waals surface area contributed by atoms with Gasteiger partial charge in [-0.1, -0.05) is 22.0 Å². The quantitative estimate of drug-likeness (QED) is 0.461. The highest BCUT2D eigenvalue weighted by Crippen LogP contribution is 2.36. The summed E-state index contributed by atoms with van der Waals surface area (Å²) in [5.74, 6) is -1.64. The Labute approximate surface area is 127 Å². The Morgan fingerprint density at radius 2 is 2.05 bits per heavy atom. The fourth-order valence-electron chi connectivity index (χ4n) is 1.72. The Morgan fingerprint density at radius 3 is 2.67 bits per heavy atom. The van der Waals surface area contributed by atoms with Gasteiger partial charge in [-0.25, -0.2) is 4.39 Å². The Bertz CT molecular complexity index is 733. The average molecular weight is 354 g/mol. The zero-order valence-electron chi connectivity index (χ0n) is 10.8. The second-order valence-electron chi connectivity index (χ2n) is 4.14. The van der Waals surface area contributed by atoms with Crippen LogP contribution in [0.1, 0.15) is 17.3 Å². The van der Waals surface area contributed by atoms with E-state index in [0.717, 1.165) is 12.1 Å². The molecule has 2 aromatic carbocycles. The van der Waals surface area contributed by atoms with Crippen LogP contribution in [0.4, 0.5) is 10.1 Å². The number of halogens is 2. The summed E-state index contributed by atoms with van der Waals surface area (Å²) >= 11 is 3.21. The molecule has 0 aromatic heterocycles. The van der Waals surface area contributed by atoms with Gasteiger partial charge in [-0.3, -0.25) is 14.9 Å². The second kappa shape index (κ2) is 6.01. The molecular formula is C14H9BrFNO4. The number of ether oxygens (including phenoxy) is 1. The van der Waals surface area contributed by atoms with E-state index in [2.05, 4.69) is 15.9 Å². The Balaban J connectivity index is 2.53. The van der Waals surface area contributed by atoms with E-state index in [-0.39, 0.29) is 17.1 Å². The van der Waals surface area contributed by atoms with Gasteiger partial charge < -0.3 is 4.74 Å². The number of nitro groups is 1. The predicted octanol–water partition coefficient (Wildman–Crippen LogP) is 4.49. The van der Waals surface area contributed by atoms with Crippen molar-refractivity contribution >= 4 is 27.4 Å². The van der Waals surface area contributed by atoms with Crippen LogP contribution in [0.15, 0.2) is 40.9 Å². The fraction of sp³-hybridized carbons (Fsp3) is 0.0714. The van der Waals surface area contributed by atoms with Crippen LogP contribution in [0.3, 0.4) is 0 Å². The highest BCUT2D eigenvalue weighted by Gasteiger charge is 2.22. The van der Waals surface area contributed by atoms with Crippen LogP contribution in [-0.2, 0) is 0 Å². The number of rotatable bonds is 4. The Morgan fingerprint density at radius 1 is 1.33 bits per heavy atom. The number of carbonyl (C=O) groups is 1. The van der Waals surface area contributed by atoms with Gasteiger partial charge >= 0.3 is 5.69 Å². The number of nitro benzene ring substituents is 1. The molecule has 2 aromatic rings. The third-order valence-electron chi connectivity index (χ3n) is 2.68. The molecule has 21 heavy (non-hydrogen) atoms. The summed E-state index contributed by atoms with van der Waals surface area (Å²) in [5.41, 5.74) is -0.311. The van der Waals surface area contributed by atoms with Gasteiger partial charge in [0, 0.05) is 10.5 Å². The van der Waals surface area contributed by atoms with E-state index in [1.807, 2.05) is 0 Å². The van der Waals surface area contributed by atoms with Crippen LogP contribution in [0, 0.1) is 15.9 Å². The van der Waals surface area contributed by atoms with Gasteiger partial charge in [-0.2, -0.15) is 0 Å². The normalized spacial score (nSPS) is 10.2.